The average molecular weight is 260 g/mol. The van der Waals surface area contributed by atoms with Gasteiger partial charge in [-0.15, -0.1) is 0 Å². The van der Waals surface area contributed by atoms with Gasteiger partial charge in [-0.2, -0.15) is 5.26 Å². The van der Waals surface area contributed by atoms with E-state index < -0.39 is 0 Å². The molecule has 1 aliphatic rings. The highest BCUT2D eigenvalue weighted by Crippen LogP contribution is 2.25. The van der Waals surface area contributed by atoms with Crippen LogP contribution in [0.5, 0.6) is 0 Å². The van der Waals surface area contributed by atoms with Crippen LogP contribution in [0.25, 0.3) is 0 Å². The van der Waals surface area contributed by atoms with Crippen LogP contribution in [0.3, 0.4) is 0 Å². The number of hydrogen-bond acceptors (Lipinski definition) is 5. The van der Waals surface area contributed by atoms with Gasteiger partial charge >= 0.3 is 0 Å². The fourth-order valence-corrected chi connectivity index (χ4v) is 2.62. The van der Waals surface area contributed by atoms with Gasteiger partial charge in [-0.05, 0) is 31.9 Å². The van der Waals surface area contributed by atoms with Crippen LogP contribution in [0, 0.1) is 18.3 Å². The molecule has 0 amide bonds. The molecule has 1 saturated heterocycles. The van der Waals surface area contributed by atoms with Crippen molar-refractivity contribution in [1.82, 2.24) is 4.98 Å². The van der Waals surface area contributed by atoms with Crippen LogP contribution >= 0.6 is 0 Å². The third-order valence-electron chi connectivity index (χ3n) is 3.64. The summed E-state index contributed by atoms with van der Waals surface area (Å²) in [5, 5.41) is 9.05. The lowest BCUT2D eigenvalue weighted by molar-refractivity contribution is 0.0708. The van der Waals surface area contributed by atoms with E-state index in [2.05, 4.69) is 16.0 Å². The van der Waals surface area contributed by atoms with Crippen molar-refractivity contribution in [3.63, 3.8) is 0 Å². The van der Waals surface area contributed by atoms with Gasteiger partial charge in [-0.3, -0.25) is 0 Å². The molecule has 2 heterocycles. The fraction of sp³-hybridized carbons (Fsp3) is 0.571. The second-order valence-electron chi connectivity index (χ2n) is 4.93. The number of methoxy groups -OCH3 is 1. The lowest BCUT2D eigenvalue weighted by atomic mass is 9.99. The lowest BCUT2D eigenvalue weighted by Gasteiger charge is -2.39. The summed E-state index contributed by atoms with van der Waals surface area (Å²) in [6.07, 6.45) is 2.14. The van der Waals surface area contributed by atoms with E-state index in [1.54, 1.807) is 13.2 Å². The van der Waals surface area contributed by atoms with E-state index in [0.29, 0.717) is 12.1 Å². The lowest BCUT2D eigenvalue weighted by Crippen LogP contribution is -2.49. The van der Waals surface area contributed by atoms with Crippen molar-refractivity contribution in [3.05, 3.63) is 23.4 Å². The normalized spacial score (nSPS) is 23.2. The predicted molar refractivity (Wildman–Crippen MR) is 73.9 cm³/mol. The Hall–Kier alpha value is -1.64. The number of hydrogen-bond donors (Lipinski definition) is 1. The molecular formula is C14H20N4O. The second kappa shape index (κ2) is 6.00. The molecule has 1 fully saturated rings. The molecule has 0 aromatic carbocycles. The Labute approximate surface area is 114 Å². The Kier molecular flexibility index (Phi) is 4.35. The third kappa shape index (κ3) is 3.03. The van der Waals surface area contributed by atoms with Crippen LogP contribution in [0.1, 0.15) is 24.1 Å². The zero-order valence-corrected chi connectivity index (χ0v) is 11.5. The maximum Gasteiger partial charge on any atom is 0.130 e. The van der Waals surface area contributed by atoms with Crippen LogP contribution in [-0.2, 0) is 4.74 Å². The SMILES string of the molecule is COC1CCN(c2cc(C#N)cc(C)n2)C(CN)C1. The Bertz CT molecular complexity index is 483. The minimum absolute atomic E-state index is 0.222. The number of anilines is 1. The standard InChI is InChI=1S/C14H20N4O/c1-10-5-11(8-15)6-14(17-10)18-4-3-13(19-2)7-12(18)9-16/h5-6,12-13H,3-4,7,9,16H2,1-2H3. The molecule has 1 aliphatic heterocycles. The van der Waals surface area contributed by atoms with Gasteiger partial charge in [-0.25, -0.2) is 4.98 Å². The highest BCUT2D eigenvalue weighted by Gasteiger charge is 2.28. The van der Waals surface area contributed by atoms with Crippen LogP contribution < -0.4 is 10.6 Å². The van der Waals surface area contributed by atoms with E-state index >= 15 is 0 Å². The van der Waals surface area contributed by atoms with Gasteiger partial charge in [0.1, 0.15) is 5.82 Å². The maximum atomic E-state index is 9.05. The summed E-state index contributed by atoms with van der Waals surface area (Å²) in [5.41, 5.74) is 7.37. The van der Waals surface area contributed by atoms with Crippen molar-refractivity contribution >= 4 is 5.82 Å². The molecule has 0 aliphatic carbocycles. The van der Waals surface area contributed by atoms with Gasteiger partial charge in [0, 0.05) is 31.9 Å². The fourth-order valence-electron chi connectivity index (χ4n) is 2.62. The van der Waals surface area contributed by atoms with E-state index in [1.165, 1.54) is 0 Å². The Morgan fingerprint density at radius 2 is 2.37 bits per heavy atom. The van der Waals surface area contributed by atoms with Gasteiger partial charge in [0.2, 0.25) is 0 Å². The number of nitrogens with two attached hydrogens (primary N) is 1. The molecule has 2 N–H and O–H groups in total. The number of piperidine rings is 1. The quantitative estimate of drug-likeness (QED) is 0.884. The first-order valence-electron chi connectivity index (χ1n) is 6.56. The summed E-state index contributed by atoms with van der Waals surface area (Å²) in [7, 11) is 1.74. The summed E-state index contributed by atoms with van der Waals surface area (Å²) in [4.78, 5) is 6.73. The van der Waals surface area contributed by atoms with E-state index in [1.807, 2.05) is 13.0 Å². The zero-order valence-electron chi connectivity index (χ0n) is 11.5. The number of rotatable bonds is 3. The van der Waals surface area contributed by atoms with Gasteiger partial charge in [-0.1, -0.05) is 0 Å². The van der Waals surface area contributed by atoms with Gasteiger partial charge < -0.3 is 15.4 Å². The van der Waals surface area contributed by atoms with Crippen molar-refractivity contribution in [2.24, 2.45) is 5.73 Å². The number of nitriles is 1. The Morgan fingerprint density at radius 3 is 3.00 bits per heavy atom. The monoisotopic (exact) mass is 260 g/mol. The molecule has 1 aromatic rings. The summed E-state index contributed by atoms with van der Waals surface area (Å²) in [6.45, 7) is 3.34. The summed E-state index contributed by atoms with van der Waals surface area (Å²) >= 11 is 0. The van der Waals surface area contributed by atoms with Crippen molar-refractivity contribution in [2.75, 3.05) is 25.1 Å². The third-order valence-corrected chi connectivity index (χ3v) is 3.64. The van der Waals surface area contributed by atoms with Crippen LogP contribution in [0.2, 0.25) is 0 Å². The molecule has 102 valence electrons. The van der Waals surface area contributed by atoms with Crippen molar-refractivity contribution < 1.29 is 4.74 Å². The zero-order chi connectivity index (χ0) is 13.8. The first-order chi connectivity index (χ1) is 9.17. The molecular weight excluding hydrogens is 240 g/mol. The Balaban J connectivity index is 2.25. The van der Waals surface area contributed by atoms with E-state index in [-0.39, 0.29) is 12.1 Å². The molecule has 0 saturated carbocycles. The van der Waals surface area contributed by atoms with E-state index in [9.17, 15) is 0 Å². The molecule has 1 aromatic heterocycles. The minimum Gasteiger partial charge on any atom is -0.381 e. The summed E-state index contributed by atoms with van der Waals surface area (Å²) in [6, 6.07) is 6.03. The highest BCUT2D eigenvalue weighted by atomic mass is 16.5. The smallest absolute Gasteiger partial charge is 0.130 e. The molecule has 5 nitrogen and oxygen atoms in total. The van der Waals surface area contributed by atoms with Crippen molar-refractivity contribution in [3.8, 4) is 6.07 Å². The number of aromatic nitrogens is 1. The van der Waals surface area contributed by atoms with Crippen LogP contribution in [0.4, 0.5) is 5.82 Å². The molecule has 0 spiro atoms. The van der Waals surface area contributed by atoms with E-state index in [4.69, 9.17) is 15.7 Å². The molecule has 0 bridgehead atoms. The van der Waals surface area contributed by atoms with Crippen LogP contribution in [-0.4, -0.2) is 37.3 Å². The van der Waals surface area contributed by atoms with Gasteiger partial charge in [0.25, 0.3) is 0 Å². The first-order valence-corrected chi connectivity index (χ1v) is 6.56. The predicted octanol–water partition coefficient (Wildman–Crippen LogP) is 1.20. The molecule has 2 atom stereocenters. The summed E-state index contributed by atoms with van der Waals surface area (Å²) < 4.78 is 5.42. The molecule has 5 heteroatoms. The number of ether oxygens (including phenoxy) is 1. The molecule has 19 heavy (non-hydrogen) atoms. The largest absolute Gasteiger partial charge is 0.381 e. The number of aryl methyl sites for hydroxylation is 1. The maximum absolute atomic E-state index is 9.05. The van der Waals surface area contributed by atoms with Gasteiger partial charge in [0.05, 0.1) is 17.7 Å². The van der Waals surface area contributed by atoms with Crippen molar-refractivity contribution in [1.29, 1.82) is 5.26 Å². The van der Waals surface area contributed by atoms with Gasteiger partial charge in [0.15, 0.2) is 0 Å². The molecule has 2 unspecified atom stereocenters. The molecule has 2 rings (SSSR count). The average Bonchev–Trinajstić information content (AvgIpc) is 2.45. The molecule has 0 radical (unpaired) electrons. The second-order valence-corrected chi connectivity index (χ2v) is 4.93. The first kappa shape index (κ1) is 13.8. The topological polar surface area (TPSA) is 75.2 Å². The van der Waals surface area contributed by atoms with E-state index in [0.717, 1.165) is 30.9 Å². The summed E-state index contributed by atoms with van der Waals surface area (Å²) in [5.74, 6) is 0.849. The van der Waals surface area contributed by atoms with Crippen LogP contribution in [0.15, 0.2) is 12.1 Å². The highest BCUT2D eigenvalue weighted by molar-refractivity contribution is 5.48. The Morgan fingerprint density at radius 1 is 1.58 bits per heavy atom. The number of nitrogens with zero attached hydrogens (tertiary/aromatic N) is 3. The van der Waals surface area contributed by atoms with Crippen molar-refractivity contribution in [2.45, 2.75) is 31.9 Å². The number of pyridine rings is 1. The minimum atomic E-state index is 0.222.